The van der Waals surface area contributed by atoms with Crippen LogP contribution in [0, 0.1) is 11.8 Å². The van der Waals surface area contributed by atoms with Gasteiger partial charge in [0.25, 0.3) is 0 Å². The van der Waals surface area contributed by atoms with Crippen molar-refractivity contribution in [3.8, 4) is 0 Å². The molecule has 2 nitrogen and oxygen atoms in total. The van der Waals surface area contributed by atoms with Crippen LogP contribution in [0.4, 0.5) is 0 Å². The second kappa shape index (κ2) is 2.51. The van der Waals surface area contributed by atoms with E-state index in [4.69, 9.17) is 4.74 Å². The van der Waals surface area contributed by atoms with Crippen molar-refractivity contribution in [2.45, 2.75) is 32.0 Å². The Kier molecular flexibility index (Phi) is 1.66. The van der Waals surface area contributed by atoms with Crippen molar-refractivity contribution in [3.63, 3.8) is 0 Å². The van der Waals surface area contributed by atoms with Crippen LogP contribution in [-0.2, 0) is 4.74 Å². The molecule has 0 amide bonds. The molecule has 1 heterocycles. The molecule has 2 rings (SSSR count). The maximum atomic E-state index is 9.30. The molecule has 1 aliphatic heterocycles. The van der Waals surface area contributed by atoms with Gasteiger partial charge in [0.1, 0.15) is 0 Å². The first kappa shape index (κ1) is 6.62. The first-order valence-corrected chi connectivity index (χ1v) is 4.16. The van der Waals surface area contributed by atoms with Crippen molar-refractivity contribution in [2.75, 3.05) is 6.61 Å². The third-order valence-electron chi connectivity index (χ3n) is 2.73. The van der Waals surface area contributed by atoms with Gasteiger partial charge in [0.15, 0.2) is 6.29 Å². The SMILES string of the molecule is OC1OCC2CCCC1C2. The number of hydrogen-bond acceptors (Lipinski definition) is 2. The number of aliphatic hydroxyl groups excluding tert-OH is 1. The molecule has 58 valence electrons. The molecule has 2 bridgehead atoms. The van der Waals surface area contributed by atoms with E-state index in [-0.39, 0.29) is 0 Å². The zero-order chi connectivity index (χ0) is 6.97. The quantitative estimate of drug-likeness (QED) is 0.549. The first-order valence-electron chi connectivity index (χ1n) is 4.16. The van der Waals surface area contributed by atoms with E-state index in [2.05, 4.69) is 0 Å². The number of aliphatic hydroxyl groups is 1. The lowest BCUT2D eigenvalue weighted by atomic mass is 9.80. The maximum absolute atomic E-state index is 9.30. The Hall–Kier alpha value is -0.0800. The average molecular weight is 142 g/mol. The molecule has 1 aliphatic carbocycles. The lowest BCUT2D eigenvalue weighted by Crippen LogP contribution is -2.37. The van der Waals surface area contributed by atoms with Gasteiger partial charge in [0.2, 0.25) is 0 Å². The van der Waals surface area contributed by atoms with Gasteiger partial charge in [0.05, 0.1) is 6.61 Å². The van der Waals surface area contributed by atoms with Crippen LogP contribution in [0.25, 0.3) is 0 Å². The Bertz CT molecular complexity index is 122. The summed E-state index contributed by atoms with van der Waals surface area (Å²) in [6.07, 6.45) is 4.51. The minimum absolute atomic E-state index is 0.448. The fourth-order valence-electron chi connectivity index (χ4n) is 2.11. The van der Waals surface area contributed by atoms with Crippen LogP contribution in [0.1, 0.15) is 25.7 Å². The Morgan fingerprint density at radius 1 is 1.30 bits per heavy atom. The molecule has 0 spiro atoms. The number of hydrogen-bond donors (Lipinski definition) is 1. The van der Waals surface area contributed by atoms with Crippen LogP contribution in [0.5, 0.6) is 0 Å². The second-order valence-electron chi connectivity index (χ2n) is 3.52. The highest BCUT2D eigenvalue weighted by atomic mass is 16.6. The van der Waals surface area contributed by atoms with Gasteiger partial charge in [-0.15, -0.1) is 0 Å². The molecule has 1 saturated heterocycles. The Morgan fingerprint density at radius 3 is 3.00 bits per heavy atom. The molecule has 10 heavy (non-hydrogen) atoms. The standard InChI is InChI=1S/C8H14O2/c9-8-7-3-1-2-6(4-7)5-10-8/h6-9H,1-5H2. The van der Waals surface area contributed by atoms with E-state index in [0.717, 1.165) is 18.9 Å². The normalized spacial score (nSPS) is 47.1. The lowest BCUT2D eigenvalue weighted by molar-refractivity contribution is -0.186. The van der Waals surface area contributed by atoms with Gasteiger partial charge in [-0.25, -0.2) is 0 Å². The van der Waals surface area contributed by atoms with E-state index in [9.17, 15) is 5.11 Å². The van der Waals surface area contributed by atoms with Crippen molar-refractivity contribution in [1.82, 2.24) is 0 Å². The van der Waals surface area contributed by atoms with E-state index < -0.39 is 6.29 Å². The molecule has 2 fully saturated rings. The molecule has 3 atom stereocenters. The molecule has 0 aromatic rings. The summed E-state index contributed by atoms with van der Waals surface area (Å²) in [7, 11) is 0. The predicted octanol–water partition coefficient (Wildman–Crippen LogP) is 1.14. The predicted molar refractivity (Wildman–Crippen MR) is 37.4 cm³/mol. The van der Waals surface area contributed by atoms with Gasteiger partial charge in [-0.1, -0.05) is 6.42 Å². The maximum Gasteiger partial charge on any atom is 0.157 e. The Balaban J connectivity index is 2.00. The molecular formula is C8H14O2. The minimum atomic E-state index is -0.448. The van der Waals surface area contributed by atoms with Gasteiger partial charge in [0, 0.05) is 5.92 Å². The summed E-state index contributed by atoms with van der Waals surface area (Å²) in [5.74, 6) is 1.20. The van der Waals surface area contributed by atoms with Crippen molar-refractivity contribution >= 4 is 0 Å². The highest BCUT2D eigenvalue weighted by molar-refractivity contribution is 4.78. The molecular weight excluding hydrogens is 128 g/mol. The summed E-state index contributed by atoms with van der Waals surface area (Å²) < 4.78 is 5.20. The highest BCUT2D eigenvalue weighted by Crippen LogP contribution is 2.35. The first-order chi connectivity index (χ1) is 4.86. The van der Waals surface area contributed by atoms with Crippen LogP contribution in [0.2, 0.25) is 0 Å². The number of ether oxygens (including phenoxy) is 1. The zero-order valence-corrected chi connectivity index (χ0v) is 6.12. The van der Waals surface area contributed by atoms with Crippen molar-refractivity contribution in [2.24, 2.45) is 11.8 Å². The zero-order valence-electron chi connectivity index (χ0n) is 6.12. The Labute approximate surface area is 61.2 Å². The molecule has 0 aromatic carbocycles. The van der Waals surface area contributed by atoms with E-state index in [0.29, 0.717) is 5.92 Å². The fourth-order valence-corrected chi connectivity index (χ4v) is 2.11. The summed E-state index contributed by atoms with van der Waals surface area (Å²) in [5.41, 5.74) is 0. The Morgan fingerprint density at radius 2 is 2.20 bits per heavy atom. The van der Waals surface area contributed by atoms with Crippen LogP contribution in [-0.4, -0.2) is 18.0 Å². The van der Waals surface area contributed by atoms with E-state index in [1.165, 1.54) is 19.3 Å². The van der Waals surface area contributed by atoms with Gasteiger partial charge in [-0.3, -0.25) is 0 Å². The lowest BCUT2D eigenvalue weighted by Gasteiger charge is -2.37. The minimum Gasteiger partial charge on any atom is -0.368 e. The van der Waals surface area contributed by atoms with E-state index in [1.54, 1.807) is 0 Å². The molecule has 0 radical (unpaired) electrons. The fraction of sp³-hybridized carbons (Fsp3) is 1.00. The van der Waals surface area contributed by atoms with Gasteiger partial charge >= 0.3 is 0 Å². The largest absolute Gasteiger partial charge is 0.368 e. The van der Waals surface area contributed by atoms with Crippen molar-refractivity contribution < 1.29 is 9.84 Å². The van der Waals surface area contributed by atoms with Crippen molar-refractivity contribution in [3.05, 3.63) is 0 Å². The third kappa shape index (κ3) is 1.06. The monoisotopic (exact) mass is 142 g/mol. The van der Waals surface area contributed by atoms with Crippen LogP contribution in [0.15, 0.2) is 0 Å². The molecule has 1 saturated carbocycles. The number of fused-ring (bicyclic) bond motifs is 2. The summed E-state index contributed by atoms with van der Waals surface area (Å²) in [5, 5.41) is 9.30. The van der Waals surface area contributed by atoms with Gasteiger partial charge in [-0.2, -0.15) is 0 Å². The number of rotatable bonds is 0. The summed E-state index contributed by atoms with van der Waals surface area (Å²) in [6, 6.07) is 0. The summed E-state index contributed by atoms with van der Waals surface area (Å²) >= 11 is 0. The highest BCUT2D eigenvalue weighted by Gasteiger charge is 2.32. The van der Waals surface area contributed by atoms with Gasteiger partial charge in [-0.05, 0) is 25.2 Å². The molecule has 3 unspecified atom stereocenters. The smallest absolute Gasteiger partial charge is 0.157 e. The molecule has 2 aliphatic rings. The second-order valence-corrected chi connectivity index (χ2v) is 3.52. The summed E-state index contributed by atoms with van der Waals surface area (Å²) in [4.78, 5) is 0. The molecule has 0 aromatic heterocycles. The van der Waals surface area contributed by atoms with E-state index in [1.807, 2.05) is 0 Å². The van der Waals surface area contributed by atoms with Crippen molar-refractivity contribution in [1.29, 1.82) is 0 Å². The van der Waals surface area contributed by atoms with E-state index >= 15 is 0 Å². The van der Waals surface area contributed by atoms with Gasteiger partial charge < -0.3 is 9.84 Å². The topological polar surface area (TPSA) is 29.5 Å². The summed E-state index contributed by atoms with van der Waals surface area (Å²) in [6.45, 7) is 0.789. The van der Waals surface area contributed by atoms with Crippen LogP contribution in [0.3, 0.4) is 0 Å². The average Bonchev–Trinajstić information content (AvgIpc) is 1.99. The third-order valence-corrected chi connectivity index (χ3v) is 2.73. The molecule has 1 N–H and O–H groups in total. The van der Waals surface area contributed by atoms with Crippen LogP contribution >= 0.6 is 0 Å². The molecule has 2 heteroatoms. The van der Waals surface area contributed by atoms with Crippen LogP contribution < -0.4 is 0 Å².